The number of thioether (sulfide) groups is 1. The summed E-state index contributed by atoms with van der Waals surface area (Å²) in [5, 5.41) is 7.52. The van der Waals surface area contributed by atoms with Gasteiger partial charge in [-0.3, -0.25) is 15.4 Å². The van der Waals surface area contributed by atoms with Gasteiger partial charge in [-0.1, -0.05) is 19.1 Å². The third-order valence-electron chi connectivity index (χ3n) is 3.13. The van der Waals surface area contributed by atoms with Gasteiger partial charge in [-0.2, -0.15) is 0 Å². The van der Waals surface area contributed by atoms with Crippen molar-refractivity contribution in [2.24, 2.45) is 4.99 Å². The summed E-state index contributed by atoms with van der Waals surface area (Å²) in [6.45, 7) is 3.71. The predicted molar refractivity (Wildman–Crippen MR) is 103 cm³/mol. The Labute approximate surface area is 162 Å². The fraction of sp³-hybridized carbons (Fsp3) is 0.412. The van der Waals surface area contributed by atoms with Crippen LogP contribution in [0, 0.1) is 0 Å². The molecule has 1 atom stereocenters. The number of alkyl carbamates (subject to hydrolysis) is 2. The van der Waals surface area contributed by atoms with Crippen LogP contribution in [-0.2, 0) is 14.3 Å². The zero-order valence-electron chi connectivity index (χ0n) is 15.7. The lowest BCUT2D eigenvalue weighted by atomic mass is 10.3. The highest BCUT2D eigenvalue weighted by Gasteiger charge is 2.13. The monoisotopic (exact) mass is 396 g/mol. The van der Waals surface area contributed by atoms with Crippen LogP contribution >= 0.6 is 11.8 Å². The number of methoxy groups -OCH3 is 2. The second-order valence-electron chi connectivity index (χ2n) is 5.29. The average molecular weight is 396 g/mol. The van der Waals surface area contributed by atoms with Crippen LogP contribution in [0.5, 0.6) is 0 Å². The molecule has 0 heterocycles. The molecule has 27 heavy (non-hydrogen) atoms. The smallest absolute Gasteiger partial charge is 0.413 e. The second-order valence-corrected chi connectivity index (χ2v) is 6.36. The number of hydrogen-bond acceptors (Lipinski definition) is 7. The summed E-state index contributed by atoms with van der Waals surface area (Å²) in [5.41, 5.74) is 0.527. The summed E-state index contributed by atoms with van der Waals surface area (Å²) in [6, 6.07) is 7.18. The van der Waals surface area contributed by atoms with E-state index >= 15 is 0 Å². The number of benzene rings is 1. The van der Waals surface area contributed by atoms with E-state index in [0.717, 1.165) is 4.90 Å². The van der Waals surface area contributed by atoms with Gasteiger partial charge < -0.3 is 14.8 Å². The molecule has 0 saturated heterocycles. The van der Waals surface area contributed by atoms with Crippen molar-refractivity contribution in [3.8, 4) is 0 Å². The number of carbonyl (C=O) groups excluding carboxylic acids is 3. The molecule has 3 N–H and O–H groups in total. The zero-order chi connectivity index (χ0) is 20.2. The van der Waals surface area contributed by atoms with Crippen LogP contribution in [0.25, 0.3) is 0 Å². The number of nitrogens with one attached hydrogen (secondary N) is 3. The summed E-state index contributed by atoms with van der Waals surface area (Å²) in [4.78, 5) is 39.5. The molecular weight excluding hydrogens is 372 g/mol. The van der Waals surface area contributed by atoms with Crippen LogP contribution in [0.2, 0.25) is 0 Å². The van der Waals surface area contributed by atoms with E-state index in [0.29, 0.717) is 17.9 Å². The van der Waals surface area contributed by atoms with Gasteiger partial charge in [0, 0.05) is 23.1 Å². The highest BCUT2D eigenvalue weighted by molar-refractivity contribution is 7.99. The molecule has 0 spiro atoms. The Kier molecular flexibility index (Phi) is 9.73. The Hall–Kier alpha value is -2.75. The van der Waals surface area contributed by atoms with Crippen LogP contribution in [-0.4, -0.2) is 50.1 Å². The molecule has 0 saturated carbocycles. The van der Waals surface area contributed by atoms with Gasteiger partial charge in [0.1, 0.15) is 0 Å². The fourth-order valence-corrected chi connectivity index (χ4v) is 2.76. The quantitative estimate of drug-likeness (QED) is 0.386. The minimum atomic E-state index is -0.786. The fourth-order valence-electron chi connectivity index (χ4n) is 1.81. The van der Waals surface area contributed by atoms with Gasteiger partial charge in [0.2, 0.25) is 11.9 Å². The largest absolute Gasteiger partial charge is 0.453 e. The Morgan fingerprint density at radius 3 is 2.26 bits per heavy atom. The molecule has 0 fully saturated rings. The maximum Gasteiger partial charge on any atom is 0.413 e. The minimum Gasteiger partial charge on any atom is -0.453 e. The van der Waals surface area contributed by atoms with Gasteiger partial charge in [-0.05, 0) is 19.1 Å². The van der Waals surface area contributed by atoms with Crippen LogP contribution < -0.4 is 16.0 Å². The molecule has 0 bridgehead atoms. The van der Waals surface area contributed by atoms with Crippen molar-refractivity contribution in [2.75, 3.05) is 20.0 Å². The van der Waals surface area contributed by atoms with Crippen molar-refractivity contribution in [2.45, 2.75) is 31.2 Å². The van der Waals surface area contributed by atoms with Crippen LogP contribution in [0.15, 0.2) is 34.2 Å². The maximum absolute atomic E-state index is 11.5. The topological polar surface area (TPSA) is 118 Å². The van der Waals surface area contributed by atoms with E-state index in [1.54, 1.807) is 19.1 Å². The maximum atomic E-state index is 11.5. The van der Waals surface area contributed by atoms with Crippen LogP contribution in [0.3, 0.4) is 0 Å². The number of nitrogens with zero attached hydrogens (tertiary/aromatic N) is 1. The number of hydrogen-bond donors (Lipinski definition) is 3. The first-order valence-electron chi connectivity index (χ1n) is 8.19. The highest BCUT2D eigenvalue weighted by atomic mass is 32.2. The van der Waals surface area contributed by atoms with Gasteiger partial charge in [0.15, 0.2) is 0 Å². The average Bonchev–Trinajstić information content (AvgIpc) is 2.66. The molecule has 0 radical (unpaired) electrons. The summed E-state index contributed by atoms with van der Waals surface area (Å²) in [5.74, 6) is 0.484. The Balaban J connectivity index is 2.95. The molecular formula is C17H24N4O5S. The number of amides is 3. The van der Waals surface area contributed by atoms with Crippen molar-refractivity contribution < 1.29 is 23.9 Å². The first-order valence-corrected chi connectivity index (χ1v) is 9.18. The standard InChI is InChI=1S/C17H24N4O5S/c1-5-14(22)18-11(2)10-27-13-9-7-6-8-12(13)19-15(20-16(23)25-3)21-17(24)26-4/h6-9,11H,5,10H2,1-4H3,(H,18,22)(H2,19,20,21,23,24). The lowest BCUT2D eigenvalue weighted by Gasteiger charge is -2.14. The molecule has 1 aromatic rings. The molecule has 1 unspecified atom stereocenters. The Morgan fingerprint density at radius 1 is 1.11 bits per heavy atom. The van der Waals surface area contributed by atoms with E-state index in [1.807, 2.05) is 19.1 Å². The first kappa shape index (κ1) is 22.3. The number of para-hydroxylation sites is 1. The molecule has 1 rings (SSSR count). The summed E-state index contributed by atoms with van der Waals surface area (Å²) >= 11 is 1.49. The van der Waals surface area contributed by atoms with Crippen molar-refractivity contribution in [1.82, 2.24) is 16.0 Å². The van der Waals surface area contributed by atoms with Gasteiger partial charge >= 0.3 is 12.2 Å². The molecule has 148 valence electrons. The van der Waals surface area contributed by atoms with E-state index < -0.39 is 12.2 Å². The Bertz CT molecular complexity index is 676. The number of carbonyl (C=O) groups is 3. The zero-order valence-corrected chi connectivity index (χ0v) is 16.5. The van der Waals surface area contributed by atoms with Crippen molar-refractivity contribution in [1.29, 1.82) is 0 Å². The second kappa shape index (κ2) is 11.8. The van der Waals surface area contributed by atoms with Crippen molar-refractivity contribution in [3.05, 3.63) is 24.3 Å². The number of ether oxygens (including phenoxy) is 2. The van der Waals surface area contributed by atoms with E-state index in [-0.39, 0.29) is 17.9 Å². The molecule has 0 aromatic heterocycles. The van der Waals surface area contributed by atoms with Crippen LogP contribution in [0.4, 0.5) is 15.3 Å². The van der Waals surface area contributed by atoms with Gasteiger partial charge in [-0.25, -0.2) is 14.6 Å². The van der Waals surface area contributed by atoms with E-state index in [1.165, 1.54) is 26.0 Å². The molecule has 3 amide bonds. The van der Waals surface area contributed by atoms with E-state index in [2.05, 4.69) is 30.4 Å². The third-order valence-corrected chi connectivity index (χ3v) is 4.45. The molecule has 10 heteroatoms. The summed E-state index contributed by atoms with van der Waals surface area (Å²) in [7, 11) is 2.39. The van der Waals surface area contributed by atoms with E-state index in [4.69, 9.17) is 0 Å². The molecule has 1 aromatic carbocycles. The lowest BCUT2D eigenvalue weighted by Crippen LogP contribution is -2.43. The predicted octanol–water partition coefficient (Wildman–Crippen LogP) is 2.39. The molecule has 9 nitrogen and oxygen atoms in total. The number of rotatable bonds is 6. The summed E-state index contributed by atoms with van der Waals surface area (Å²) < 4.78 is 9.04. The Morgan fingerprint density at radius 2 is 1.70 bits per heavy atom. The van der Waals surface area contributed by atoms with Crippen molar-refractivity contribution in [3.63, 3.8) is 0 Å². The van der Waals surface area contributed by atoms with Gasteiger partial charge in [0.05, 0.1) is 19.9 Å². The van der Waals surface area contributed by atoms with Crippen LogP contribution in [0.1, 0.15) is 20.3 Å². The van der Waals surface area contributed by atoms with Crippen molar-refractivity contribution >= 4 is 41.5 Å². The molecule has 0 aliphatic rings. The SMILES string of the molecule is CCC(=O)NC(C)CSc1ccccc1N=C(NC(=O)OC)NC(=O)OC. The number of guanidine groups is 1. The minimum absolute atomic E-state index is 0.0127. The molecule has 0 aliphatic carbocycles. The molecule has 0 aliphatic heterocycles. The van der Waals surface area contributed by atoms with Gasteiger partial charge in [-0.15, -0.1) is 11.8 Å². The van der Waals surface area contributed by atoms with Gasteiger partial charge in [0.25, 0.3) is 0 Å². The first-order chi connectivity index (χ1) is 12.9. The number of aliphatic imine (C=N–C) groups is 1. The lowest BCUT2D eigenvalue weighted by molar-refractivity contribution is -0.121. The highest BCUT2D eigenvalue weighted by Crippen LogP contribution is 2.29. The van der Waals surface area contributed by atoms with E-state index in [9.17, 15) is 14.4 Å². The normalized spacial score (nSPS) is 11.0. The third kappa shape index (κ3) is 8.45. The summed E-state index contributed by atoms with van der Waals surface area (Å²) in [6.07, 6.45) is -1.14.